The lowest BCUT2D eigenvalue weighted by Crippen LogP contribution is -2.42. The van der Waals surface area contributed by atoms with E-state index in [4.69, 9.17) is 4.42 Å². The lowest BCUT2D eigenvalue weighted by molar-refractivity contribution is 0.217. The molecule has 3 nitrogen and oxygen atoms in total. The van der Waals surface area contributed by atoms with Crippen LogP contribution in [0.1, 0.15) is 32.6 Å². The maximum atomic E-state index is 5.91. The summed E-state index contributed by atoms with van der Waals surface area (Å²) in [6.45, 7) is 7.64. The number of hydrogen-bond donors (Lipinski definition) is 1. The molecule has 110 valence electrons. The van der Waals surface area contributed by atoms with E-state index in [0.29, 0.717) is 12.0 Å². The van der Waals surface area contributed by atoms with Gasteiger partial charge in [-0.25, -0.2) is 0 Å². The third-order valence-electron chi connectivity index (χ3n) is 3.94. The molecule has 2 aromatic rings. The van der Waals surface area contributed by atoms with Gasteiger partial charge >= 0.3 is 0 Å². The standard InChI is InChI=1S/C17H26N2O/c1-12(2)15(19(4)5)11-18-13(3)17-10-14-8-6-7-9-16(14)20-17/h6-10,12-13,15,18H,11H2,1-5H3. The fraction of sp³-hybridized carbons (Fsp3) is 0.529. The van der Waals surface area contributed by atoms with Crippen LogP contribution in [0, 0.1) is 5.92 Å². The van der Waals surface area contributed by atoms with Crippen molar-refractivity contribution < 1.29 is 4.42 Å². The highest BCUT2D eigenvalue weighted by atomic mass is 16.3. The molecule has 2 atom stereocenters. The summed E-state index contributed by atoms with van der Waals surface area (Å²) in [4.78, 5) is 2.28. The summed E-state index contributed by atoms with van der Waals surface area (Å²) in [5.74, 6) is 1.63. The van der Waals surface area contributed by atoms with Gasteiger partial charge in [0.2, 0.25) is 0 Å². The van der Waals surface area contributed by atoms with E-state index < -0.39 is 0 Å². The highest BCUT2D eigenvalue weighted by Crippen LogP contribution is 2.23. The van der Waals surface area contributed by atoms with Crippen LogP contribution in [0.3, 0.4) is 0 Å². The minimum Gasteiger partial charge on any atom is -0.459 e. The van der Waals surface area contributed by atoms with E-state index in [1.165, 1.54) is 5.39 Å². The number of rotatable bonds is 6. The summed E-state index contributed by atoms with van der Waals surface area (Å²) in [6.07, 6.45) is 0. The first-order chi connectivity index (χ1) is 9.49. The molecule has 3 heteroatoms. The van der Waals surface area contributed by atoms with Gasteiger partial charge in [-0.3, -0.25) is 0 Å². The van der Waals surface area contributed by atoms with Gasteiger partial charge in [-0.2, -0.15) is 0 Å². The zero-order chi connectivity index (χ0) is 14.7. The van der Waals surface area contributed by atoms with Crippen LogP contribution in [0.25, 0.3) is 11.0 Å². The second-order valence-corrected chi connectivity index (χ2v) is 6.09. The number of furan rings is 1. The number of benzene rings is 1. The molecule has 1 aromatic carbocycles. The molecule has 0 aliphatic rings. The minimum atomic E-state index is 0.226. The van der Waals surface area contributed by atoms with Gasteiger partial charge < -0.3 is 14.6 Å². The SMILES string of the molecule is CC(NCC(C(C)C)N(C)C)c1cc2ccccc2o1. The first-order valence-corrected chi connectivity index (χ1v) is 7.37. The Balaban J connectivity index is 2.02. The largest absolute Gasteiger partial charge is 0.459 e. The van der Waals surface area contributed by atoms with Crippen LogP contribution in [0.15, 0.2) is 34.7 Å². The van der Waals surface area contributed by atoms with E-state index in [1.807, 2.05) is 18.2 Å². The molecule has 20 heavy (non-hydrogen) atoms. The van der Waals surface area contributed by atoms with Gasteiger partial charge in [0.05, 0.1) is 6.04 Å². The number of nitrogens with zero attached hydrogens (tertiary/aromatic N) is 1. The molecule has 2 rings (SSSR count). The first kappa shape index (κ1) is 15.1. The van der Waals surface area contributed by atoms with Crippen LogP contribution in [0.4, 0.5) is 0 Å². The van der Waals surface area contributed by atoms with Crippen molar-refractivity contribution in [3.05, 3.63) is 36.1 Å². The second kappa shape index (κ2) is 6.42. The number of hydrogen-bond acceptors (Lipinski definition) is 3. The first-order valence-electron chi connectivity index (χ1n) is 7.37. The van der Waals surface area contributed by atoms with E-state index in [9.17, 15) is 0 Å². The number of nitrogens with one attached hydrogen (secondary N) is 1. The normalized spacial score (nSPS) is 15.2. The predicted molar refractivity (Wildman–Crippen MR) is 84.9 cm³/mol. The quantitative estimate of drug-likeness (QED) is 0.871. The number of para-hydroxylation sites is 1. The topological polar surface area (TPSA) is 28.4 Å². The lowest BCUT2D eigenvalue weighted by Gasteiger charge is -2.29. The Kier molecular flexibility index (Phi) is 4.84. The predicted octanol–water partition coefficient (Wildman–Crippen LogP) is 3.67. The van der Waals surface area contributed by atoms with Gasteiger partial charge in [-0.1, -0.05) is 32.0 Å². The van der Waals surface area contributed by atoms with Gasteiger partial charge in [0.15, 0.2) is 0 Å². The molecule has 0 spiro atoms. The molecule has 0 saturated heterocycles. The molecule has 0 radical (unpaired) electrons. The molecular weight excluding hydrogens is 248 g/mol. The summed E-state index contributed by atoms with van der Waals surface area (Å²) in [7, 11) is 4.27. The molecule has 2 unspecified atom stereocenters. The van der Waals surface area contributed by atoms with Gasteiger partial charge in [0.1, 0.15) is 11.3 Å². The summed E-state index contributed by atoms with van der Waals surface area (Å²) >= 11 is 0. The van der Waals surface area contributed by atoms with E-state index >= 15 is 0 Å². The molecular formula is C17H26N2O. The van der Waals surface area contributed by atoms with Gasteiger partial charge in [-0.15, -0.1) is 0 Å². The van der Waals surface area contributed by atoms with Crippen molar-refractivity contribution in [1.29, 1.82) is 0 Å². The minimum absolute atomic E-state index is 0.226. The second-order valence-electron chi connectivity index (χ2n) is 6.09. The Morgan fingerprint density at radius 3 is 2.45 bits per heavy atom. The molecule has 0 bridgehead atoms. The maximum absolute atomic E-state index is 5.91. The Bertz CT molecular complexity index is 504. The molecule has 0 saturated carbocycles. The van der Waals surface area contributed by atoms with E-state index in [1.54, 1.807) is 0 Å². The van der Waals surface area contributed by atoms with Crippen LogP contribution < -0.4 is 5.32 Å². The molecule has 1 aromatic heterocycles. The van der Waals surface area contributed by atoms with E-state index in [2.05, 4.69) is 57.2 Å². The van der Waals surface area contributed by atoms with Crippen molar-refractivity contribution in [2.24, 2.45) is 5.92 Å². The third-order valence-corrected chi connectivity index (χ3v) is 3.94. The fourth-order valence-electron chi connectivity index (χ4n) is 2.63. The number of likely N-dealkylation sites (N-methyl/N-ethyl adjacent to an activating group) is 1. The lowest BCUT2D eigenvalue weighted by atomic mass is 10.0. The van der Waals surface area contributed by atoms with Gasteiger partial charge in [-0.05, 0) is 39.1 Å². The molecule has 0 fully saturated rings. The van der Waals surface area contributed by atoms with Crippen LogP contribution in [-0.4, -0.2) is 31.6 Å². The van der Waals surface area contributed by atoms with Crippen molar-refractivity contribution in [1.82, 2.24) is 10.2 Å². The van der Waals surface area contributed by atoms with Crippen molar-refractivity contribution >= 4 is 11.0 Å². The third kappa shape index (κ3) is 3.41. The van der Waals surface area contributed by atoms with Gasteiger partial charge in [0.25, 0.3) is 0 Å². The van der Waals surface area contributed by atoms with Crippen LogP contribution in [0.5, 0.6) is 0 Å². The smallest absolute Gasteiger partial charge is 0.134 e. The van der Waals surface area contributed by atoms with E-state index in [0.717, 1.165) is 17.9 Å². The zero-order valence-corrected chi connectivity index (χ0v) is 13.2. The highest BCUT2D eigenvalue weighted by molar-refractivity contribution is 5.77. The van der Waals surface area contributed by atoms with Crippen molar-refractivity contribution in [2.45, 2.75) is 32.9 Å². The Hall–Kier alpha value is -1.32. The monoisotopic (exact) mass is 274 g/mol. The van der Waals surface area contributed by atoms with Crippen molar-refractivity contribution in [3.8, 4) is 0 Å². The van der Waals surface area contributed by atoms with Crippen molar-refractivity contribution in [2.75, 3.05) is 20.6 Å². The summed E-state index contributed by atoms with van der Waals surface area (Å²) < 4.78 is 5.91. The van der Waals surface area contributed by atoms with E-state index in [-0.39, 0.29) is 6.04 Å². The maximum Gasteiger partial charge on any atom is 0.134 e. The zero-order valence-electron chi connectivity index (χ0n) is 13.2. The van der Waals surface area contributed by atoms with Crippen LogP contribution >= 0.6 is 0 Å². The summed E-state index contributed by atoms with van der Waals surface area (Å²) in [5.41, 5.74) is 0.962. The molecule has 0 aliphatic carbocycles. The summed E-state index contributed by atoms with van der Waals surface area (Å²) in [5, 5.41) is 4.76. The summed E-state index contributed by atoms with van der Waals surface area (Å²) in [6, 6.07) is 11.0. The Labute approximate surface area is 122 Å². The van der Waals surface area contributed by atoms with Gasteiger partial charge in [0, 0.05) is 18.0 Å². The van der Waals surface area contributed by atoms with Crippen molar-refractivity contribution in [3.63, 3.8) is 0 Å². The van der Waals surface area contributed by atoms with Crippen LogP contribution in [-0.2, 0) is 0 Å². The molecule has 0 aliphatic heterocycles. The Morgan fingerprint density at radius 1 is 1.15 bits per heavy atom. The average molecular weight is 274 g/mol. The van der Waals surface area contributed by atoms with Crippen LogP contribution in [0.2, 0.25) is 0 Å². The Morgan fingerprint density at radius 2 is 1.85 bits per heavy atom. The highest BCUT2D eigenvalue weighted by Gasteiger charge is 2.18. The average Bonchev–Trinajstić information content (AvgIpc) is 2.81. The molecule has 0 amide bonds. The fourth-order valence-corrected chi connectivity index (χ4v) is 2.63. The molecule has 1 N–H and O–H groups in total. The number of fused-ring (bicyclic) bond motifs is 1. The molecule has 1 heterocycles.